The standard InChI is InChI=1S/C16H24/c1-16(2,3)15-12-8-7-11-14(15)13-9-5-4-6-10-13/h4-6,9-10,14-15H,7-8,11-12H2,1-3H3/t14-,15-/m0/s1. The zero-order valence-electron chi connectivity index (χ0n) is 10.9. The van der Waals surface area contributed by atoms with Gasteiger partial charge in [0.1, 0.15) is 0 Å². The second-order valence-corrected chi connectivity index (χ2v) is 6.27. The van der Waals surface area contributed by atoms with E-state index in [2.05, 4.69) is 51.1 Å². The van der Waals surface area contributed by atoms with Crippen molar-refractivity contribution in [1.82, 2.24) is 0 Å². The van der Waals surface area contributed by atoms with Gasteiger partial charge in [-0.1, -0.05) is 63.9 Å². The van der Waals surface area contributed by atoms with Gasteiger partial charge in [-0.05, 0) is 35.7 Å². The smallest absolute Gasteiger partial charge is 0.0129 e. The summed E-state index contributed by atoms with van der Waals surface area (Å²) in [7, 11) is 0. The van der Waals surface area contributed by atoms with Gasteiger partial charge in [0, 0.05) is 0 Å². The maximum atomic E-state index is 2.40. The van der Waals surface area contributed by atoms with E-state index in [9.17, 15) is 0 Å². The summed E-state index contributed by atoms with van der Waals surface area (Å²) in [5.74, 6) is 1.64. The average Bonchev–Trinajstić information content (AvgIpc) is 2.29. The SMILES string of the molecule is CC(C)(C)[C@H]1CCCC[C@H]1c1ccccc1. The number of benzene rings is 1. The van der Waals surface area contributed by atoms with Crippen LogP contribution in [0.25, 0.3) is 0 Å². The molecule has 0 unspecified atom stereocenters. The lowest BCUT2D eigenvalue weighted by Gasteiger charge is -2.40. The highest BCUT2D eigenvalue weighted by molar-refractivity contribution is 5.21. The van der Waals surface area contributed by atoms with Crippen LogP contribution in [0.4, 0.5) is 0 Å². The van der Waals surface area contributed by atoms with Gasteiger partial charge in [0.05, 0.1) is 0 Å². The lowest BCUT2D eigenvalue weighted by Crippen LogP contribution is -2.29. The van der Waals surface area contributed by atoms with Crippen molar-refractivity contribution in [1.29, 1.82) is 0 Å². The van der Waals surface area contributed by atoms with Crippen LogP contribution in [0, 0.1) is 11.3 Å². The van der Waals surface area contributed by atoms with Gasteiger partial charge in [0.2, 0.25) is 0 Å². The van der Waals surface area contributed by atoms with Crippen LogP contribution in [0.15, 0.2) is 30.3 Å². The van der Waals surface area contributed by atoms with Crippen LogP contribution in [-0.4, -0.2) is 0 Å². The molecule has 0 spiro atoms. The molecule has 0 radical (unpaired) electrons. The van der Waals surface area contributed by atoms with E-state index in [0.29, 0.717) is 5.41 Å². The molecule has 0 saturated heterocycles. The summed E-state index contributed by atoms with van der Waals surface area (Å²) < 4.78 is 0. The first-order valence-electron chi connectivity index (χ1n) is 6.64. The van der Waals surface area contributed by atoms with Gasteiger partial charge in [-0.15, -0.1) is 0 Å². The minimum absolute atomic E-state index is 0.445. The van der Waals surface area contributed by atoms with E-state index in [1.54, 1.807) is 5.56 Å². The Labute approximate surface area is 100 Å². The summed E-state index contributed by atoms with van der Waals surface area (Å²) in [6.07, 6.45) is 5.62. The van der Waals surface area contributed by atoms with Gasteiger partial charge in [-0.25, -0.2) is 0 Å². The van der Waals surface area contributed by atoms with E-state index in [1.807, 2.05) is 0 Å². The van der Waals surface area contributed by atoms with Gasteiger partial charge in [-0.3, -0.25) is 0 Å². The minimum Gasteiger partial charge on any atom is -0.0622 e. The van der Waals surface area contributed by atoms with Crippen LogP contribution in [0.3, 0.4) is 0 Å². The molecule has 1 saturated carbocycles. The molecule has 0 heteroatoms. The van der Waals surface area contributed by atoms with E-state index in [4.69, 9.17) is 0 Å². The molecule has 1 fully saturated rings. The maximum absolute atomic E-state index is 2.40. The summed E-state index contributed by atoms with van der Waals surface area (Å²) in [5.41, 5.74) is 2.00. The Hall–Kier alpha value is -0.780. The van der Waals surface area contributed by atoms with Crippen LogP contribution >= 0.6 is 0 Å². The number of hydrogen-bond acceptors (Lipinski definition) is 0. The first-order valence-corrected chi connectivity index (χ1v) is 6.64. The Morgan fingerprint density at radius 3 is 2.19 bits per heavy atom. The molecular weight excluding hydrogens is 192 g/mol. The third kappa shape index (κ3) is 2.48. The molecule has 1 aliphatic carbocycles. The van der Waals surface area contributed by atoms with E-state index in [1.165, 1.54) is 25.7 Å². The lowest BCUT2D eigenvalue weighted by molar-refractivity contribution is 0.151. The van der Waals surface area contributed by atoms with E-state index >= 15 is 0 Å². The van der Waals surface area contributed by atoms with Gasteiger partial charge in [0.15, 0.2) is 0 Å². The first kappa shape index (κ1) is 11.7. The Balaban J connectivity index is 2.24. The molecule has 1 aromatic carbocycles. The molecule has 0 nitrogen and oxygen atoms in total. The van der Waals surface area contributed by atoms with Gasteiger partial charge >= 0.3 is 0 Å². The summed E-state index contributed by atoms with van der Waals surface area (Å²) in [6, 6.07) is 11.1. The highest BCUT2D eigenvalue weighted by Crippen LogP contribution is 2.46. The quantitative estimate of drug-likeness (QED) is 0.619. The molecule has 0 heterocycles. The molecule has 1 aromatic rings. The van der Waals surface area contributed by atoms with Crippen molar-refractivity contribution >= 4 is 0 Å². The van der Waals surface area contributed by atoms with E-state index in [0.717, 1.165) is 11.8 Å². The third-order valence-corrected chi connectivity index (χ3v) is 4.11. The van der Waals surface area contributed by atoms with Crippen LogP contribution in [-0.2, 0) is 0 Å². The Morgan fingerprint density at radius 1 is 0.938 bits per heavy atom. The van der Waals surface area contributed by atoms with Crippen molar-refractivity contribution in [2.45, 2.75) is 52.4 Å². The van der Waals surface area contributed by atoms with Crippen molar-refractivity contribution in [3.63, 3.8) is 0 Å². The number of hydrogen-bond donors (Lipinski definition) is 0. The second kappa shape index (κ2) is 4.61. The van der Waals surface area contributed by atoms with Crippen molar-refractivity contribution in [3.8, 4) is 0 Å². The normalized spacial score (nSPS) is 26.7. The molecule has 88 valence electrons. The molecule has 0 N–H and O–H groups in total. The van der Waals surface area contributed by atoms with Crippen molar-refractivity contribution in [2.75, 3.05) is 0 Å². The largest absolute Gasteiger partial charge is 0.0622 e. The molecule has 0 aliphatic heterocycles. The highest BCUT2D eigenvalue weighted by Gasteiger charge is 2.34. The Kier molecular flexibility index (Phi) is 3.37. The summed E-state index contributed by atoms with van der Waals surface area (Å²) in [6.45, 7) is 7.21. The summed E-state index contributed by atoms with van der Waals surface area (Å²) in [4.78, 5) is 0. The van der Waals surface area contributed by atoms with Gasteiger partial charge < -0.3 is 0 Å². The molecule has 0 amide bonds. The number of rotatable bonds is 1. The maximum Gasteiger partial charge on any atom is -0.0129 e. The fraction of sp³-hybridized carbons (Fsp3) is 0.625. The van der Waals surface area contributed by atoms with Crippen LogP contribution in [0.2, 0.25) is 0 Å². The Morgan fingerprint density at radius 2 is 1.56 bits per heavy atom. The highest BCUT2D eigenvalue weighted by atomic mass is 14.4. The van der Waals surface area contributed by atoms with Crippen molar-refractivity contribution in [2.24, 2.45) is 11.3 Å². The molecule has 0 bridgehead atoms. The fourth-order valence-corrected chi connectivity index (χ4v) is 3.27. The second-order valence-electron chi connectivity index (χ2n) is 6.27. The molecule has 0 aromatic heterocycles. The zero-order valence-corrected chi connectivity index (χ0v) is 10.9. The van der Waals surface area contributed by atoms with Gasteiger partial charge in [-0.2, -0.15) is 0 Å². The molecule has 16 heavy (non-hydrogen) atoms. The topological polar surface area (TPSA) is 0 Å². The first-order chi connectivity index (χ1) is 7.59. The molecule has 1 aliphatic rings. The zero-order chi connectivity index (χ0) is 11.6. The predicted octanol–water partition coefficient (Wildman–Crippen LogP) is 5.01. The molecular formula is C16H24. The van der Waals surface area contributed by atoms with E-state index in [-0.39, 0.29) is 0 Å². The summed E-state index contributed by atoms with van der Waals surface area (Å²) in [5, 5.41) is 0. The van der Waals surface area contributed by atoms with Crippen LogP contribution in [0.5, 0.6) is 0 Å². The fourth-order valence-electron chi connectivity index (χ4n) is 3.27. The van der Waals surface area contributed by atoms with Crippen molar-refractivity contribution < 1.29 is 0 Å². The molecule has 2 atom stereocenters. The Bertz CT molecular complexity index is 318. The van der Waals surface area contributed by atoms with Gasteiger partial charge in [0.25, 0.3) is 0 Å². The third-order valence-electron chi connectivity index (χ3n) is 4.11. The monoisotopic (exact) mass is 216 g/mol. The molecule has 2 rings (SSSR count). The lowest BCUT2D eigenvalue weighted by atomic mass is 9.64. The van der Waals surface area contributed by atoms with E-state index < -0.39 is 0 Å². The summed E-state index contributed by atoms with van der Waals surface area (Å²) >= 11 is 0. The van der Waals surface area contributed by atoms with Crippen LogP contribution < -0.4 is 0 Å². The average molecular weight is 216 g/mol. The minimum atomic E-state index is 0.445. The van der Waals surface area contributed by atoms with Crippen molar-refractivity contribution in [3.05, 3.63) is 35.9 Å². The van der Waals surface area contributed by atoms with Crippen LogP contribution in [0.1, 0.15) is 57.9 Å². The predicted molar refractivity (Wildman–Crippen MR) is 70.6 cm³/mol.